The summed E-state index contributed by atoms with van der Waals surface area (Å²) in [5.74, 6) is 0.750. The first kappa shape index (κ1) is 4.54. The first-order valence-electron chi connectivity index (χ1n) is 3.27. The summed E-state index contributed by atoms with van der Waals surface area (Å²) < 4.78 is 0. The molecule has 8 heavy (non-hydrogen) atoms. The van der Waals surface area contributed by atoms with Crippen molar-refractivity contribution < 1.29 is 4.79 Å². The fourth-order valence-electron chi connectivity index (χ4n) is 1.91. The molecule has 1 heteroatoms. The zero-order valence-corrected chi connectivity index (χ0v) is 4.81. The Bertz CT molecular complexity index is 130. The number of hydrogen-bond acceptors (Lipinski definition) is 1. The highest BCUT2D eigenvalue weighted by Gasteiger charge is 2.57. The molecule has 0 heterocycles. The Labute approximate surface area is 49.1 Å². The van der Waals surface area contributed by atoms with Gasteiger partial charge < -0.3 is 0 Å². The topological polar surface area (TPSA) is 17.1 Å². The van der Waals surface area contributed by atoms with Gasteiger partial charge in [-0.1, -0.05) is 6.42 Å². The molecule has 2 rings (SSSR count). The maximum absolute atomic E-state index is 10.2. The molecule has 2 aliphatic rings. The predicted molar refractivity (Wildman–Crippen MR) is 30.1 cm³/mol. The second kappa shape index (κ2) is 1.15. The van der Waals surface area contributed by atoms with Crippen LogP contribution in [0, 0.1) is 11.3 Å². The first-order chi connectivity index (χ1) is 3.87. The highest BCUT2D eigenvalue weighted by Crippen LogP contribution is 2.61. The van der Waals surface area contributed by atoms with Crippen LogP contribution in [0.25, 0.3) is 0 Å². The monoisotopic (exact) mass is 109 g/mol. The second-order valence-corrected chi connectivity index (χ2v) is 3.05. The van der Waals surface area contributed by atoms with Crippen molar-refractivity contribution in [3.05, 3.63) is 0 Å². The van der Waals surface area contributed by atoms with Gasteiger partial charge in [0.25, 0.3) is 0 Å². The summed E-state index contributed by atoms with van der Waals surface area (Å²) in [5, 5.41) is 0. The molecule has 43 valence electrons. The van der Waals surface area contributed by atoms with Crippen LogP contribution in [-0.4, -0.2) is 6.29 Å². The lowest BCUT2D eigenvalue weighted by Crippen LogP contribution is -1.97. The van der Waals surface area contributed by atoms with E-state index in [9.17, 15) is 4.79 Å². The van der Waals surface area contributed by atoms with Crippen LogP contribution in [0.4, 0.5) is 0 Å². The Morgan fingerprint density at radius 2 is 2.50 bits per heavy atom. The summed E-state index contributed by atoms with van der Waals surface area (Å²) in [6.45, 7) is 0. The Balaban J connectivity index is 2.18. The van der Waals surface area contributed by atoms with Crippen LogP contribution >= 0.6 is 0 Å². The molecule has 2 saturated carbocycles. The average molecular weight is 109 g/mol. The second-order valence-electron chi connectivity index (χ2n) is 3.05. The van der Waals surface area contributed by atoms with Crippen LogP contribution in [0.1, 0.15) is 25.7 Å². The van der Waals surface area contributed by atoms with Gasteiger partial charge in [-0.05, 0) is 25.2 Å². The summed E-state index contributed by atoms with van der Waals surface area (Å²) in [6.07, 6.45) is 6.99. The third-order valence-electron chi connectivity index (χ3n) is 2.61. The van der Waals surface area contributed by atoms with E-state index in [0.29, 0.717) is 0 Å². The number of hydrogen-bond donors (Lipinski definition) is 0. The van der Waals surface area contributed by atoms with Crippen molar-refractivity contribution in [3.8, 4) is 0 Å². The highest BCUT2D eigenvalue weighted by molar-refractivity contribution is 5.66. The Morgan fingerprint density at radius 1 is 1.62 bits per heavy atom. The minimum atomic E-state index is 0.0972. The molecule has 0 spiro atoms. The molecular weight excluding hydrogens is 100 g/mol. The molecule has 2 unspecified atom stereocenters. The van der Waals surface area contributed by atoms with Gasteiger partial charge in [0, 0.05) is 5.41 Å². The largest absolute Gasteiger partial charge is 0.290 e. The molecule has 2 fully saturated rings. The third kappa shape index (κ3) is 0.355. The van der Waals surface area contributed by atoms with Crippen molar-refractivity contribution in [2.24, 2.45) is 11.3 Å². The van der Waals surface area contributed by atoms with Gasteiger partial charge in [-0.3, -0.25) is 4.79 Å². The van der Waals surface area contributed by atoms with Crippen LogP contribution in [0.5, 0.6) is 0 Å². The lowest BCUT2D eigenvalue weighted by atomic mass is 10.1. The van der Waals surface area contributed by atoms with E-state index in [-0.39, 0.29) is 5.41 Å². The molecule has 1 radical (unpaired) electrons. The molecule has 0 amide bonds. The van der Waals surface area contributed by atoms with Crippen LogP contribution in [0.15, 0.2) is 0 Å². The fourth-order valence-corrected chi connectivity index (χ4v) is 1.91. The molecule has 0 N–H and O–H groups in total. The van der Waals surface area contributed by atoms with Gasteiger partial charge in [0.15, 0.2) is 0 Å². The summed E-state index contributed by atoms with van der Waals surface area (Å²) >= 11 is 0. The number of rotatable bonds is 1. The number of carbonyl (C=O) groups excluding carboxylic acids is 1. The molecule has 2 atom stereocenters. The normalized spacial score (nSPS) is 50.8. The zero-order chi connectivity index (χ0) is 5.61. The standard InChI is InChI=1S/C7H9O/c8-5-7-3-1-2-6(7)4-7/h6H,1-4H2. The van der Waals surface area contributed by atoms with Crippen LogP contribution < -0.4 is 0 Å². The lowest BCUT2D eigenvalue weighted by molar-refractivity contribution is 0.507. The van der Waals surface area contributed by atoms with E-state index in [1.165, 1.54) is 12.8 Å². The van der Waals surface area contributed by atoms with Crippen molar-refractivity contribution in [1.29, 1.82) is 0 Å². The Morgan fingerprint density at radius 3 is 2.75 bits per heavy atom. The summed E-state index contributed by atoms with van der Waals surface area (Å²) in [5.41, 5.74) is 0.0972. The average Bonchev–Trinajstić information content (AvgIpc) is 2.38. The SMILES string of the molecule is O=[C]C12CCCC1C2. The van der Waals surface area contributed by atoms with Crippen molar-refractivity contribution >= 4 is 6.29 Å². The van der Waals surface area contributed by atoms with E-state index < -0.39 is 0 Å². The lowest BCUT2D eigenvalue weighted by Gasteiger charge is -1.93. The summed E-state index contributed by atoms with van der Waals surface area (Å²) in [4.78, 5) is 10.2. The van der Waals surface area contributed by atoms with Gasteiger partial charge in [0.1, 0.15) is 0 Å². The summed E-state index contributed by atoms with van der Waals surface area (Å²) in [6, 6.07) is 0. The number of fused-ring (bicyclic) bond motifs is 1. The smallest absolute Gasteiger partial charge is 0.205 e. The van der Waals surface area contributed by atoms with E-state index in [1.807, 2.05) is 0 Å². The third-order valence-corrected chi connectivity index (χ3v) is 2.61. The maximum Gasteiger partial charge on any atom is 0.205 e. The van der Waals surface area contributed by atoms with Gasteiger partial charge in [0.05, 0.1) is 0 Å². The van der Waals surface area contributed by atoms with Crippen molar-refractivity contribution in [1.82, 2.24) is 0 Å². The van der Waals surface area contributed by atoms with Crippen molar-refractivity contribution in [2.45, 2.75) is 25.7 Å². The van der Waals surface area contributed by atoms with Gasteiger partial charge in [-0.2, -0.15) is 0 Å². The molecule has 0 aliphatic heterocycles. The molecular formula is C7H9O. The zero-order valence-electron chi connectivity index (χ0n) is 4.81. The molecule has 0 saturated heterocycles. The van der Waals surface area contributed by atoms with Crippen molar-refractivity contribution in [3.63, 3.8) is 0 Å². The molecule has 0 aromatic rings. The molecule has 1 nitrogen and oxygen atoms in total. The minimum Gasteiger partial charge on any atom is -0.290 e. The highest BCUT2D eigenvalue weighted by atomic mass is 16.1. The molecule has 0 bridgehead atoms. The molecule has 2 aliphatic carbocycles. The van der Waals surface area contributed by atoms with Crippen LogP contribution in [0.3, 0.4) is 0 Å². The minimum absolute atomic E-state index is 0.0972. The quantitative estimate of drug-likeness (QED) is 0.495. The van der Waals surface area contributed by atoms with E-state index in [2.05, 4.69) is 6.29 Å². The molecule has 0 aromatic carbocycles. The maximum atomic E-state index is 10.2. The molecule has 0 aromatic heterocycles. The Hall–Kier alpha value is -0.330. The van der Waals surface area contributed by atoms with Gasteiger partial charge >= 0.3 is 0 Å². The van der Waals surface area contributed by atoms with Crippen LogP contribution in [-0.2, 0) is 4.79 Å². The van der Waals surface area contributed by atoms with E-state index in [4.69, 9.17) is 0 Å². The van der Waals surface area contributed by atoms with Gasteiger partial charge in [-0.25, -0.2) is 0 Å². The van der Waals surface area contributed by atoms with E-state index in [0.717, 1.165) is 18.8 Å². The van der Waals surface area contributed by atoms with E-state index >= 15 is 0 Å². The van der Waals surface area contributed by atoms with E-state index in [1.54, 1.807) is 0 Å². The first-order valence-corrected chi connectivity index (χ1v) is 3.27. The van der Waals surface area contributed by atoms with Gasteiger partial charge in [0.2, 0.25) is 6.29 Å². The van der Waals surface area contributed by atoms with Crippen molar-refractivity contribution in [2.75, 3.05) is 0 Å². The fraction of sp³-hybridized carbons (Fsp3) is 0.857. The van der Waals surface area contributed by atoms with Crippen LogP contribution in [0.2, 0.25) is 0 Å². The predicted octanol–water partition coefficient (Wildman–Crippen LogP) is 1.29. The Kier molecular flexibility index (Phi) is 0.651. The summed E-state index contributed by atoms with van der Waals surface area (Å²) in [7, 11) is 0. The van der Waals surface area contributed by atoms with Gasteiger partial charge in [-0.15, -0.1) is 0 Å².